The van der Waals surface area contributed by atoms with Gasteiger partial charge < -0.3 is 10.1 Å². The van der Waals surface area contributed by atoms with Crippen LogP contribution in [0.25, 0.3) is 0 Å². The van der Waals surface area contributed by atoms with Crippen LogP contribution in [0.3, 0.4) is 0 Å². The van der Waals surface area contributed by atoms with Crippen molar-refractivity contribution in [1.82, 2.24) is 5.32 Å². The second kappa shape index (κ2) is 7.12. The highest BCUT2D eigenvalue weighted by molar-refractivity contribution is 5.29. The van der Waals surface area contributed by atoms with Gasteiger partial charge in [0.1, 0.15) is 5.75 Å². The summed E-state index contributed by atoms with van der Waals surface area (Å²) in [5.74, 6) is 0.977. The molecule has 0 heterocycles. The third-order valence-electron chi connectivity index (χ3n) is 4.51. The van der Waals surface area contributed by atoms with Gasteiger partial charge in [-0.05, 0) is 42.4 Å². The van der Waals surface area contributed by atoms with Crippen LogP contribution in [-0.4, -0.2) is 19.7 Å². The van der Waals surface area contributed by atoms with Gasteiger partial charge in [-0.25, -0.2) is 0 Å². The molecule has 0 bridgehead atoms. The van der Waals surface area contributed by atoms with E-state index in [4.69, 9.17) is 4.74 Å². The zero-order valence-corrected chi connectivity index (χ0v) is 13.2. The van der Waals surface area contributed by atoms with Gasteiger partial charge in [0.2, 0.25) is 0 Å². The van der Waals surface area contributed by atoms with Crippen LogP contribution in [0.2, 0.25) is 0 Å². The summed E-state index contributed by atoms with van der Waals surface area (Å²) in [4.78, 5) is 0. The number of hydrogen-bond acceptors (Lipinski definition) is 2. The van der Waals surface area contributed by atoms with Gasteiger partial charge >= 0.3 is 0 Å². The lowest BCUT2D eigenvalue weighted by Crippen LogP contribution is -2.40. The Morgan fingerprint density at radius 1 is 1.20 bits per heavy atom. The third-order valence-corrected chi connectivity index (χ3v) is 4.51. The van der Waals surface area contributed by atoms with Gasteiger partial charge in [-0.15, -0.1) is 0 Å². The van der Waals surface area contributed by atoms with E-state index in [0.29, 0.717) is 11.5 Å². The first-order valence-electron chi connectivity index (χ1n) is 8.00. The Kier molecular flexibility index (Phi) is 5.47. The summed E-state index contributed by atoms with van der Waals surface area (Å²) in [6, 6.07) is 9.16. The lowest BCUT2D eigenvalue weighted by molar-refractivity contribution is 0.176. The molecule has 0 amide bonds. The van der Waals surface area contributed by atoms with Crippen LogP contribution in [-0.2, 0) is 6.42 Å². The maximum atomic E-state index is 5.36. The fraction of sp³-hybridized carbons (Fsp3) is 0.667. The van der Waals surface area contributed by atoms with Gasteiger partial charge in [0, 0.05) is 12.6 Å². The van der Waals surface area contributed by atoms with Crippen LogP contribution in [0.15, 0.2) is 24.3 Å². The molecule has 1 saturated carbocycles. The topological polar surface area (TPSA) is 21.3 Å². The number of methoxy groups -OCH3 is 1. The minimum atomic E-state index is 0.439. The molecule has 20 heavy (non-hydrogen) atoms. The van der Waals surface area contributed by atoms with E-state index in [1.165, 1.54) is 44.1 Å². The molecule has 1 aromatic rings. The molecule has 1 aromatic carbocycles. The average Bonchev–Trinajstić information content (AvgIpc) is 2.46. The van der Waals surface area contributed by atoms with Crippen LogP contribution < -0.4 is 10.1 Å². The van der Waals surface area contributed by atoms with Gasteiger partial charge in [-0.2, -0.15) is 0 Å². The van der Waals surface area contributed by atoms with Crippen LogP contribution in [0.4, 0.5) is 0 Å². The van der Waals surface area contributed by atoms with Crippen molar-refractivity contribution in [2.45, 2.75) is 58.4 Å². The number of rotatable bonds is 6. The molecule has 112 valence electrons. The van der Waals surface area contributed by atoms with Crippen LogP contribution in [0, 0.1) is 5.41 Å². The molecule has 1 N–H and O–H groups in total. The second-order valence-electron chi connectivity index (χ2n) is 6.62. The molecular weight excluding hydrogens is 246 g/mol. The minimum Gasteiger partial charge on any atom is -0.497 e. The van der Waals surface area contributed by atoms with Crippen molar-refractivity contribution in [2.24, 2.45) is 5.41 Å². The maximum absolute atomic E-state index is 5.36. The van der Waals surface area contributed by atoms with E-state index >= 15 is 0 Å². The molecule has 0 aliphatic heterocycles. The molecule has 2 heteroatoms. The normalized spacial score (nSPS) is 18.2. The molecule has 0 spiro atoms. The van der Waals surface area contributed by atoms with E-state index in [-0.39, 0.29) is 0 Å². The zero-order chi connectivity index (χ0) is 14.4. The molecule has 0 atom stereocenters. The van der Waals surface area contributed by atoms with Crippen molar-refractivity contribution < 1.29 is 4.74 Å². The number of ether oxygens (including phenoxy) is 1. The van der Waals surface area contributed by atoms with Crippen molar-refractivity contribution in [1.29, 1.82) is 0 Å². The number of hydrogen-bond donors (Lipinski definition) is 1. The summed E-state index contributed by atoms with van der Waals surface area (Å²) in [7, 11) is 1.75. The van der Waals surface area contributed by atoms with Crippen molar-refractivity contribution in [2.75, 3.05) is 13.7 Å². The Morgan fingerprint density at radius 3 is 2.60 bits per heavy atom. The van der Waals surface area contributed by atoms with E-state index in [2.05, 4.69) is 37.4 Å². The minimum absolute atomic E-state index is 0.439. The first-order valence-corrected chi connectivity index (χ1v) is 8.00. The first kappa shape index (κ1) is 15.4. The van der Waals surface area contributed by atoms with E-state index in [0.717, 1.165) is 12.3 Å². The van der Waals surface area contributed by atoms with Crippen LogP contribution in [0.5, 0.6) is 5.75 Å². The molecular formula is C18H29NO. The number of benzene rings is 1. The zero-order valence-electron chi connectivity index (χ0n) is 13.2. The standard InChI is InChI=1S/C18H29NO/c1-15(2)19-14-18(10-5-4-6-11-18)13-16-8-7-9-17(12-16)20-3/h7-9,12,15,19H,4-6,10-11,13-14H2,1-3H3. The third kappa shape index (κ3) is 4.24. The van der Waals surface area contributed by atoms with E-state index in [9.17, 15) is 0 Å². The smallest absolute Gasteiger partial charge is 0.119 e. The van der Waals surface area contributed by atoms with Gasteiger partial charge in [0.15, 0.2) is 0 Å². The molecule has 2 nitrogen and oxygen atoms in total. The molecule has 1 aliphatic carbocycles. The van der Waals surface area contributed by atoms with Gasteiger partial charge in [0.25, 0.3) is 0 Å². The highest BCUT2D eigenvalue weighted by atomic mass is 16.5. The monoisotopic (exact) mass is 275 g/mol. The largest absolute Gasteiger partial charge is 0.497 e. The fourth-order valence-corrected chi connectivity index (χ4v) is 3.35. The molecule has 0 aromatic heterocycles. The van der Waals surface area contributed by atoms with Crippen molar-refractivity contribution in [3.05, 3.63) is 29.8 Å². The Hall–Kier alpha value is -1.02. The molecule has 0 radical (unpaired) electrons. The van der Waals surface area contributed by atoms with Crippen molar-refractivity contribution in [3.63, 3.8) is 0 Å². The average molecular weight is 275 g/mol. The predicted molar refractivity (Wildman–Crippen MR) is 85.4 cm³/mol. The highest BCUT2D eigenvalue weighted by Gasteiger charge is 2.32. The van der Waals surface area contributed by atoms with Crippen LogP contribution >= 0.6 is 0 Å². The maximum Gasteiger partial charge on any atom is 0.119 e. The summed E-state index contributed by atoms with van der Waals surface area (Å²) < 4.78 is 5.36. The summed E-state index contributed by atoms with van der Waals surface area (Å²) >= 11 is 0. The predicted octanol–water partition coefficient (Wildman–Crippen LogP) is 4.19. The Bertz CT molecular complexity index is 408. The number of nitrogens with one attached hydrogen (secondary N) is 1. The quantitative estimate of drug-likeness (QED) is 0.840. The Balaban J connectivity index is 2.09. The van der Waals surface area contributed by atoms with Gasteiger partial charge in [-0.1, -0.05) is 45.2 Å². The summed E-state index contributed by atoms with van der Waals surface area (Å²) in [5.41, 5.74) is 1.85. The van der Waals surface area contributed by atoms with E-state index < -0.39 is 0 Å². The van der Waals surface area contributed by atoms with Crippen molar-refractivity contribution in [3.8, 4) is 5.75 Å². The van der Waals surface area contributed by atoms with E-state index in [1.807, 2.05) is 6.07 Å². The van der Waals surface area contributed by atoms with E-state index in [1.54, 1.807) is 7.11 Å². The SMILES string of the molecule is COc1cccc(CC2(CNC(C)C)CCCCC2)c1. The van der Waals surface area contributed by atoms with Crippen molar-refractivity contribution >= 4 is 0 Å². The highest BCUT2D eigenvalue weighted by Crippen LogP contribution is 2.39. The second-order valence-corrected chi connectivity index (χ2v) is 6.62. The molecule has 0 unspecified atom stereocenters. The summed E-state index contributed by atoms with van der Waals surface area (Å²) in [6.45, 7) is 5.62. The van der Waals surface area contributed by atoms with Crippen LogP contribution in [0.1, 0.15) is 51.5 Å². The molecule has 0 saturated heterocycles. The van der Waals surface area contributed by atoms with Gasteiger partial charge in [0.05, 0.1) is 7.11 Å². The van der Waals surface area contributed by atoms with Gasteiger partial charge in [-0.3, -0.25) is 0 Å². The Labute approximate surface area is 123 Å². The fourth-order valence-electron chi connectivity index (χ4n) is 3.35. The molecule has 2 rings (SSSR count). The lowest BCUT2D eigenvalue weighted by atomic mass is 9.70. The Morgan fingerprint density at radius 2 is 1.95 bits per heavy atom. The molecule has 1 aliphatic rings. The molecule has 1 fully saturated rings. The lowest BCUT2D eigenvalue weighted by Gasteiger charge is -2.38. The first-order chi connectivity index (χ1) is 9.63. The summed E-state index contributed by atoms with van der Waals surface area (Å²) in [5, 5.41) is 3.67. The summed E-state index contributed by atoms with van der Waals surface area (Å²) in [6.07, 6.45) is 8.03.